The molecule has 0 aromatic heterocycles. The zero-order valence-corrected chi connectivity index (χ0v) is 12.6. The number of aliphatic hydroxyl groups excluding tert-OH is 3. The molecular formula is C7H13NaO9S. The van der Waals surface area contributed by atoms with Crippen LogP contribution in [0.2, 0.25) is 0 Å². The van der Waals surface area contributed by atoms with Crippen molar-refractivity contribution in [2.45, 2.75) is 30.7 Å². The van der Waals surface area contributed by atoms with Crippen LogP contribution in [0.5, 0.6) is 0 Å². The zero-order valence-electron chi connectivity index (χ0n) is 9.79. The minimum absolute atomic E-state index is 0. The Morgan fingerprint density at radius 3 is 2.22 bits per heavy atom. The normalized spacial score (nSPS) is 37.1. The molecule has 18 heavy (non-hydrogen) atoms. The molecular weight excluding hydrogens is 283 g/mol. The number of hydrogen-bond acceptors (Lipinski definition) is 9. The average molecular weight is 296 g/mol. The van der Waals surface area contributed by atoms with E-state index in [4.69, 9.17) is 4.74 Å². The third-order valence-corrected chi connectivity index (χ3v) is 2.70. The van der Waals surface area contributed by atoms with Gasteiger partial charge in [0, 0.05) is 7.11 Å². The van der Waals surface area contributed by atoms with Gasteiger partial charge in [-0.05, 0) is 0 Å². The van der Waals surface area contributed by atoms with Crippen molar-refractivity contribution in [1.29, 1.82) is 0 Å². The van der Waals surface area contributed by atoms with Crippen molar-refractivity contribution in [3.05, 3.63) is 0 Å². The van der Waals surface area contributed by atoms with Gasteiger partial charge < -0.3 is 29.3 Å². The maximum absolute atomic E-state index is 10.2. The average Bonchev–Trinajstić information content (AvgIpc) is 2.24. The van der Waals surface area contributed by atoms with Gasteiger partial charge in [-0.25, -0.2) is 8.42 Å². The molecule has 1 fully saturated rings. The molecule has 1 aliphatic rings. The molecule has 0 amide bonds. The Bertz CT molecular complexity index is 345. The van der Waals surface area contributed by atoms with Gasteiger partial charge in [-0.1, -0.05) is 0 Å². The molecule has 0 bridgehead atoms. The number of aliphatic hydroxyl groups is 3. The van der Waals surface area contributed by atoms with Gasteiger partial charge in [0.2, 0.25) is 10.4 Å². The molecule has 11 heteroatoms. The molecule has 1 saturated heterocycles. The molecule has 0 unspecified atom stereocenters. The smallest absolute Gasteiger partial charge is 0.726 e. The summed E-state index contributed by atoms with van der Waals surface area (Å²) in [4.78, 5) is 0. The molecule has 0 aromatic rings. The van der Waals surface area contributed by atoms with E-state index in [0.717, 1.165) is 0 Å². The van der Waals surface area contributed by atoms with Crippen molar-refractivity contribution in [2.24, 2.45) is 0 Å². The third-order valence-electron chi connectivity index (χ3n) is 2.28. The Kier molecular flexibility index (Phi) is 7.73. The number of ether oxygens (including phenoxy) is 2. The molecule has 0 spiro atoms. The van der Waals surface area contributed by atoms with Gasteiger partial charge in [0.05, 0.1) is 6.61 Å². The van der Waals surface area contributed by atoms with Crippen molar-refractivity contribution in [1.82, 2.24) is 0 Å². The molecule has 9 nitrogen and oxygen atoms in total. The molecule has 1 heterocycles. The summed E-state index contributed by atoms with van der Waals surface area (Å²) in [7, 11) is -3.75. The second-order valence-electron chi connectivity index (χ2n) is 3.44. The van der Waals surface area contributed by atoms with E-state index >= 15 is 0 Å². The predicted molar refractivity (Wildman–Crippen MR) is 49.3 cm³/mol. The molecule has 5 atom stereocenters. The zero-order chi connectivity index (χ0) is 13.2. The van der Waals surface area contributed by atoms with E-state index < -0.39 is 47.7 Å². The molecule has 0 aliphatic carbocycles. The summed E-state index contributed by atoms with van der Waals surface area (Å²) in [6, 6.07) is 0. The molecule has 1 rings (SSSR count). The second kappa shape index (κ2) is 7.45. The quantitative estimate of drug-likeness (QED) is 0.262. The maximum atomic E-state index is 10.2. The largest absolute Gasteiger partial charge is 1.00 e. The van der Waals surface area contributed by atoms with E-state index in [0.29, 0.717) is 0 Å². The van der Waals surface area contributed by atoms with Crippen LogP contribution in [0.1, 0.15) is 0 Å². The fourth-order valence-corrected chi connectivity index (χ4v) is 1.70. The van der Waals surface area contributed by atoms with Crippen LogP contribution in [0.4, 0.5) is 0 Å². The van der Waals surface area contributed by atoms with Crippen molar-refractivity contribution in [2.75, 3.05) is 13.7 Å². The monoisotopic (exact) mass is 296 g/mol. The Morgan fingerprint density at radius 1 is 1.22 bits per heavy atom. The van der Waals surface area contributed by atoms with Crippen molar-refractivity contribution >= 4 is 10.4 Å². The van der Waals surface area contributed by atoms with E-state index in [1.165, 1.54) is 7.11 Å². The van der Waals surface area contributed by atoms with Crippen molar-refractivity contribution in [3.8, 4) is 0 Å². The Labute approximate surface area is 126 Å². The van der Waals surface area contributed by atoms with Gasteiger partial charge in [0.15, 0.2) is 6.29 Å². The summed E-state index contributed by atoms with van der Waals surface area (Å²) in [5, 5.41) is 28.2. The first kappa shape index (κ1) is 18.7. The fourth-order valence-electron chi connectivity index (χ4n) is 1.40. The van der Waals surface area contributed by atoms with Crippen LogP contribution in [0.15, 0.2) is 0 Å². The standard InChI is InChI=1S/C7H14O9S.Na/c1-14-7-6(10)5(9)4(8)3(16-7)2-15-17(11,12)13;/h3-10H,2H2,1H3,(H,11,12,13);/q;+1/p-1/t3-,4-,5+,6-,7+;/m1./s1. The molecule has 3 N–H and O–H groups in total. The van der Waals surface area contributed by atoms with E-state index in [1.807, 2.05) is 0 Å². The molecule has 0 saturated carbocycles. The van der Waals surface area contributed by atoms with Gasteiger partial charge in [0.25, 0.3) is 0 Å². The van der Waals surface area contributed by atoms with E-state index in [1.54, 1.807) is 0 Å². The van der Waals surface area contributed by atoms with Crippen LogP contribution in [0.3, 0.4) is 0 Å². The summed E-state index contributed by atoms with van der Waals surface area (Å²) >= 11 is 0. The number of rotatable bonds is 4. The van der Waals surface area contributed by atoms with E-state index in [2.05, 4.69) is 8.92 Å². The third kappa shape index (κ3) is 4.98. The van der Waals surface area contributed by atoms with Gasteiger partial charge in [-0.2, -0.15) is 0 Å². The van der Waals surface area contributed by atoms with Crippen LogP contribution in [-0.2, 0) is 24.1 Å². The maximum Gasteiger partial charge on any atom is 1.00 e. The van der Waals surface area contributed by atoms with Gasteiger partial charge in [-0.15, -0.1) is 0 Å². The minimum Gasteiger partial charge on any atom is -0.726 e. The van der Waals surface area contributed by atoms with Crippen LogP contribution < -0.4 is 29.6 Å². The van der Waals surface area contributed by atoms with Gasteiger partial charge >= 0.3 is 29.6 Å². The summed E-state index contributed by atoms with van der Waals surface area (Å²) in [6.45, 7) is -0.781. The predicted octanol–water partition coefficient (Wildman–Crippen LogP) is -6.08. The van der Waals surface area contributed by atoms with Crippen LogP contribution in [0.25, 0.3) is 0 Å². The van der Waals surface area contributed by atoms with Crippen LogP contribution >= 0.6 is 0 Å². The molecule has 102 valence electrons. The van der Waals surface area contributed by atoms with Crippen molar-refractivity contribution in [3.63, 3.8) is 0 Å². The topological polar surface area (TPSA) is 146 Å². The molecule has 0 aromatic carbocycles. The van der Waals surface area contributed by atoms with Gasteiger partial charge in [-0.3, -0.25) is 4.18 Å². The first-order valence-electron chi connectivity index (χ1n) is 4.59. The first-order valence-corrected chi connectivity index (χ1v) is 5.92. The Morgan fingerprint density at radius 2 is 1.78 bits per heavy atom. The van der Waals surface area contributed by atoms with Crippen LogP contribution in [-0.4, -0.2) is 72.7 Å². The summed E-state index contributed by atoms with van der Waals surface area (Å²) in [5.41, 5.74) is 0. The molecule has 0 radical (unpaired) electrons. The van der Waals surface area contributed by atoms with Crippen LogP contribution in [0, 0.1) is 0 Å². The summed E-state index contributed by atoms with van der Waals surface area (Å²) in [5.74, 6) is 0. The minimum atomic E-state index is -4.93. The Hall–Kier alpha value is 0.670. The van der Waals surface area contributed by atoms with E-state index in [-0.39, 0.29) is 29.6 Å². The van der Waals surface area contributed by atoms with E-state index in [9.17, 15) is 28.3 Å². The second-order valence-corrected chi connectivity index (χ2v) is 4.50. The van der Waals surface area contributed by atoms with Gasteiger partial charge in [0.1, 0.15) is 24.4 Å². The SMILES string of the molecule is CO[C@H]1O[C@H](COS(=O)(=O)[O-])[C@@H](O)[C@H](O)[C@H]1O.[Na+]. The summed E-state index contributed by atoms with van der Waals surface area (Å²) < 4.78 is 44.1. The van der Waals surface area contributed by atoms with Crippen molar-refractivity contribution < 1.29 is 71.5 Å². The Balaban J connectivity index is 0.00000289. The number of hydrogen-bond donors (Lipinski definition) is 3. The first-order chi connectivity index (χ1) is 7.76. The molecule has 1 aliphatic heterocycles. The number of methoxy groups -OCH3 is 1. The fraction of sp³-hybridized carbons (Fsp3) is 1.00. The summed E-state index contributed by atoms with van der Waals surface area (Å²) in [6.07, 6.45) is -7.25.